The standard InChI is InChI=1S/C13H14F2N2O/c1-3-8(4-2)13-16-12(17-18-13)10-6-5-9(14)7-11(10)15/h5-8H,3-4H2,1-2H3. The lowest BCUT2D eigenvalue weighted by Gasteiger charge is -2.04. The van der Waals surface area contributed by atoms with Crippen LogP contribution in [0.25, 0.3) is 11.4 Å². The van der Waals surface area contributed by atoms with Gasteiger partial charge in [0.1, 0.15) is 11.6 Å². The Morgan fingerprint density at radius 1 is 1.22 bits per heavy atom. The maximum Gasteiger partial charge on any atom is 0.230 e. The molecular weight excluding hydrogens is 238 g/mol. The summed E-state index contributed by atoms with van der Waals surface area (Å²) in [7, 11) is 0. The Kier molecular flexibility index (Phi) is 3.69. The maximum atomic E-state index is 13.5. The molecule has 0 bridgehead atoms. The van der Waals surface area contributed by atoms with Gasteiger partial charge in [0.2, 0.25) is 11.7 Å². The highest BCUT2D eigenvalue weighted by Gasteiger charge is 2.18. The van der Waals surface area contributed by atoms with Gasteiger partial charge in [0.15, 0.2) is 0 Å². The lowest BCUT2D eigenvalue weighted by atomic mass is 10.0. The van der Waals surface area contributed by atoms with Crippen LogP contribution in [0.4, 0.5) is 8.78 Å². The fraction of sp³-hybridized carbons (Fsp3) is 0.385. The summed E-state index contributed by atoms with van der Waals surface area (Å²) in [6, 6.07) is 3.29. The first-order valence-corrected chi connectivity index (χ1v) is 5.94. The molecule has 1 heterocycles. The van der Waals surface area contributed by atoms with E-state index in [1.54, 1.807) is 0 Å². The van der Waals surface area contributed by atoms with Gasteiger partial charge < -0.3 is 4.52 Å². The van der Waals surface area contributed by atoms with Crippen LogP contribution in [-0.2, 0) is 0 Å². The van der Waals surface area contributed by atoms with Gasteiger partial charge in [0.25, 0.3) is 0 Å². The monoisotopic (exact) mass is 252 g/mol. The Balaban J connectivity index is 2.34. The summed E-state index contributed by atoms with van der Waals surface area (Å²) in [6.45, 7) is 4.05. The lowest BCUT2D eigenvalue weighted by molar-refractivity contribution is 0.346. The van der Waals surface area contributed by atoms with Crippen LogP contribution in [0.2, 0.25) is 0 Å². The van der Waals surface area contributed by atoms with E-state index < -0.39 is 11.6 Å². The second-order valence-corrected chi connectivity index (χ2v) is 4.09. The predicted molar refractivity (Wildman–Crippen MR) is 63.0 cm³/mol. The molecule has 0 unspecified atom stereocenters. The van der Waals surface area contributed by atoms with Crippen molar-refractivity contribution >= 4 is 0 Å². The number of hydrogen-bond donors (Lipinski definition) is 0. The van der Waals surface area contributed by atoms with Crippen LogP contribution in [0.5, 0.6) is 0 Å². The predicted octanol–water partition coefficient (Wildman–Crippen LogP) is 3.92. The Bertz CT molecular complexity index is 536. The number of aromatic nitrogens is 2. The second-order valence-electron chi connectivity index (χ2n) is 4.09. The first-order chi connectivity index (χ1) is 8.65. The average Bonchev–Trinajstić information content (AvgIpc) is 2.80. The molecule has 0 amide bonds. The van der Waals surface area contributed by atoms with E-state index in [0.29, 0.717) is 5.89 Å². The molecule has 0 spiro atoms. The fourth-order valence-electron chi connectivity index (χ4n) is 1.82. The summed E-state index contributed by atoms with van der Waals surface area (Å²) in [6.07, 6.45) is 1.76. The van der Waals surface area contributed by atoms with Crippen LogP contribution in [0, 0.1) is 11.6 Å². The van der Waals surface area contributed by atoms with Gasteiger partial charge in [-0.05, 0) is 25.0 Å². The van der Waals surface area contributed by atoms with Crippen LogP contribution in [0.15, 0.2) is 22.7 Å². The van der Waals surface area contributed by atoms with E-state index in [1.807, 2.05) is 13.8 Å². The summed E-state index contributed by atoms with van der Waals surface area (Å²) in [4.78, 5) is 4.17. The number of benzene rings is 1. The van der Waals surface area contributed by atoms with E-state index >= 15 is 0 Å². The molecule has 0 saturated heterocycles. The summed E-state index contributed by atoms with van der Waals surface area (Å²) in [5.74, 6) is -0.477. The zero-order valence-corrected chi connectivity index (χ0v) is 10.3. The van der Waals surface area contributed by atoms with Gasteiger partial charge in [-0.2, -0.15) is 4.98 Å². The molecule has 2 aromatic rings. The molecular formula is C13H14F2N2O. The number of rotatable bonds is 4. The molecule has 0 saturated carbocycles. The molecule has 0 radical (unpaired) electrons. The molecule has 0 aliphatic carbocycles. The molecule has 96 valence electrons. The van der Waals surface area contributed by atoms with Gasteiger partial charge in [-0.1, -0.05) is 19.0 Å². The highest BCUT2D eigenvalue weighted by molar-refractivity contribution is 5.55. The SMILES string of the molecule is CCC(CC)c1nc(-c2ccc(F)cc2F)no1. The van der Waals surface area contributed by atoms with Crippen molar-refractivity contribution in [3.8, 4) is 11.4 Å². The van der Waals surface area contributed by atoms with Crippen LogP contribution in [0.1, 0.15) is 38.5 Å². The van der Waals surface area contributed by atoms with Gasteiger partial charge in [-0.25, -0.2) is 8.78 Å². The highest BCUT2D eigenvalue weighted by atomic mass is 19.1. The van der Waals surface area contributed by atoms with E-state index in [-0.39, 0.29) is 17.3 Å². The minimum absolute atomic E-state index is 0.150. The van der Waals surface area contributed by atoms with Crippen LogP contribution < -0.4 is 0 Å². The average molecular weight is 252 g/mol. The van der Waals surface area contributed by atoms with Crippen molar-refractivity contribution in [1.82, 2.24) is 10.1 Å². The third-order valence-electron chi connectivity index (χ3n) is 2.95. The lowest BCUT2D eigenvalue weighted by Crippen LogP contribution is -1.95. The van der Waals surface area contributed by atoms with E-state index in [9.17, 15) is 8.78 Å². The van der Waals surface area contributed by atoms with Crippen molar-refractivity contribution in [3.63, 3.8) is 0 Å². The third kappa shape index (κ3) is 2.39. The van der Waals surface area contributed by atoms with Crippen LogP contribution in [-0.4, -0.2) is 10.1 Å². The van der Waals surface area contributed by atoms with Gasteiger partial charge in [-0.15, -0.1) is 0 Å². The zero-order valence-electron chi connectivity index (χ0n) is 10.3. The molecule has 1 aromatic heterocycles. The Morgan fingerprint density at radius 3 is 2.56 bits per heavy atom. The molecule has 0 aliphatic heterocycles. The molecule has 18 heavy (non-hydrogen) atoms. The molecule has 0 fully saturated rings. The zero-order chi connectivity index (χ0) is 13.1. The molecule has 0 aliphatic rings. The summed E-state index contributed by atoms with van der Waals surface area (Å²) >= 11 is 0. The highest BCUT2D eigenvalue weighted by Crippen LogP contribution is 2.25. The van der Waals surface area contributed by atoms with Crippen LogP contribution >= 0.6 is 0 Å². The summed E-state index contributed by atoms with van der Waals surface area (Å²) in [5, 5.41) is 3.75. The van der Waals surface area contributed by atoms with E-state index in [2.05, 4.69) is 10.1 Å². The molecule has 5 heteroatoms. The number of nitrogens with zero attached hydrogens (tertiary/aromatic N) is 2. The summed E-state index contributed by atoms with van der Waals surface area (Å²) < 4.78 is 31.5. The minimum Gasteiger partial charge on any atom is -0.339 e. The van der Waals surface area contributed by atoms with E-state index in [1.165, 1.54) is 12.1 Å². The Hall–Kier alpha value is -1.78. The normalized spacial score (nSPS) is 11.2. The van der Waals surface area contributed by atoms with Crippen molar-refractivity contribution < 1.29 is 13.3 Å². The topological polar surface area (TPSA) is 38.9 Å². The number of hydrogen-bond acceptors (Lipinski definition) is 3. The molecule has 0 N–H and O–H groups in total. The Labute approximate surface area is 104 Å². The van der Waals surface area contributed by atoms with Gasteiger partial charge in [-0.3, -0.25) is 0 Å². The molecule has 3 nitrogen and oxygen atoms in total. The first kappa shape index (κ1) is 12.7. The van der Waals surface area contributed by atoms with E-state index in [4.69, 9.17) is 4.52 Å². The van der Waals surface area contributed by atoms with Crippen LogP contribution in [0.3, 0.4) is 0 Å². The van der Waals surface area contributed by atoms with E-state index in [0.717, 1.165) is 18.9 Å². The maximum absolute atomic E-state index is 13.5. The Morgan fingerprint density at radius 2 is 1.94 bits per heavy atom. The van der Waals surface area contributed by atoms with Crippen molar-refractivity contribution in [2.45, 2.75) is 32.6 Å². The number of halogens is 2. The first-order valence-electron chi connectivity index (χ1n) is 5.94. The third-order valence-corrected chi connectivity index (χ3v) is 2.95. The second kappa shape index (κ2) is 5.25. The van der Waals surface area contributed by atoms with Crippen molar-refractivity contribution in [1.29, 1.82) is 0 Å². The summed E-state index contributed by atoms with van der Waals surface area (Å²) in [5.41, 5.74) is 0.150. The van der Waals surface area contributed by atoms with Crippen molar-refractivity contribution in [3.05, 3.63) is 35.7 Å². The molecule has 0 atom stereocenters. The molecule has 2 rings (SSSR count). The minimum atomic E-state index is -0.688. The van der Waals surface area contributed by atoms with Crippen molar-refractivity contribution in [2.24, 2.45) is 0 Å². The fourth-order valence-corrected chi connectivity index (χ4v) is 1.82. The van der Waals surface area contributed by atoms with Gasteiger partial charge in [0.05, 0.1) is 5.56 Å². The van der Waals surface area contributed by atoms with Gasteiger partial charge >= 0.3 is 0 Å². The van der Waals surface area contributed by atoms with Gasteiger partial charge in [0, 0.05) is 12.0 Å². The largest absolute Gasteiger partial charge is 0.339 e. The smallest absolute Gasteiger partial charge is 0.230 e. The van der Waals surface area contributed by atoms with Crippen molar-refractivity contribution in [2.75, 3.05) is 0 Å². The quantitative estimate of drug-likeness (QED) is 0.827. The molecule has 1 aromatic carbocycles.